The van der Waals surface area contributed by atoms with Gasteiger partial charge in [-0.2, -0.15) is 8.78 Å². The van der Waals surface area contributed by atoms with Crippen LogP contribution < -0.4 is 10.1 Å². The van der Waals surface area contributed by atoms with E-state index in [0.29, 0.717) is 32.4 Å². The molecule has 0 aliphatic carbocycles. The van der Waals surface area contributed by atoms with Crippen molar-refractivity contribution in [2.45, 2.75) is 38.8 Å². The van der Waals surface area contributed by atoms with Gasteiger partial charge in [-0.15, -0.1) is 0 Å². The largest absolute Gasteiger partial charge is 0.434 e. The van der Waals surface area contributed by atoms with E-state index in [-0.39, 0.29) is 23.1 Å². The molecule has 0 spiro atoms. The second kappa shape index (κ2) is 8.57. The lowest BCUT2D eigenvalue weighted by atomic mass is 10.1. The first-order chi connectivity index (χ1) is 11.8. The van der Waals surface area contributed by atoms with E-state index in [1.807, 2.05) is 6.92 Å². The van der Waals surface area contributed by atoms with Gasteiger partial charge in [0.05, 0.1) is 11.3 Å². The fourth-order valence-corrected chi connectivity index (χ4v) is 4.32. The van der Waals surface area contributed by atoms with Gasteiger partial charge in [-0.3, -0.25) is 4.79 Å². The Kier molecular flexibility index (Phi) is 6.71. The maximum Gasteiger partial charge on any atom is 0.387 e. The predicted octanol–water partition coefficient (Wildman–Crippen LogP) is 2.22. The van der Waals surface area contributed by atoms with Crippen LogP contribution in [-0.2, 0) is 10.0 Å². The third kappa shape index (κ3) is 5.37. The van der Waals surface area contributed by atoms with Crippen LogP contribution in [0.25, 0.3) is 0 Å². The SMILES string of the molecule is CCCS(=O)(=O)N1CCC(NC(=O)c2ccccc2OC(F)F)CC1. The molecule has 1 N–H and O–H groups in total. The van der Waals surface area contributed by atoms with Gasteiger partial charge in [0.25, 0.3) is 5.91 Å². The van der Waals surface area contributed by atoms with E-state index in [0.717, 1.165) is 0 Å². The van der Waals surface area contributed by atoms with Crippen LogP contribution in [0.3, 0.4) is 0 Å². The third-order valence-corrected chi connectivity index (χ3v) is 6.07. The number of nitrogens with one attached hydrogen (secondary N) is 1. The summed E-state index contributed by atoms with van der Waals surface area (Å²) in [6, 6.07) is 5.58. The Hall–Kier alpha value is -1.74. The number of nitrogens with zero attached hydrogens (tertiary/aromatic N) is 1. The molecular formula is C16H22F2N2O4S. The average Bonchev–Trinajstić information content (AvgIpc) is 2.55. The Morgan fingerprint density at radius 1 is 1.32 bits per heavy atom. The number of hydrogen-bond donors (Lipinski definition) is 1. The molecule has 1 heterocycles. The van der Waals surface area contributed by atoms with Gasteiger partial charge in [0, 0.05) is 19.1 Å². The molecule has 1 aromatic carbocycles. The number of alkyl halides is 2. The summed E-state index contributed by atoms with van der Waals surface area (Å²) in [5.74, 6) is -0.577. The van der Waals surface area contributed by atoms with Crippen LogP contribution in [0.2, 0.25) is 0 Å². The highest BCUT2D eigenvalue weighted by molar-refractivity contribution is 7.89. The normalized spacial score (nSPS) is 16.8. The van der Waals surface area contributed by atoms with Crippen molar-refractivity contribution >= 4 is 15.9 Å². The molecule has 6 nitrogen and oxygen atoms in total. The molecule has 140 valence electrons. The molecule has 0 bridgehead atoms. The molecule has 1 aliphatic rings. The van der Waals surface area contributed by atoms with Crippen LogP contribution in [0.5, 0.6) is 5.75 Å². The number of carbonyl (C=O) groups excluding carboxylic acids is 1. The number of hydrogen-bond acceptors (Lipinski definition) is 4. The molecule has 1 saturated heterocycles. The van der Waals surface area contributed by atoms with Gasteiger partial charge in [0.1, 0.15) is 5.75 Å². The van der Waals surface area contributed by atoms with Crippen LogP contribution >= 0.6 is 0 Å². The van der Waals surface area contributed by atoms with Gasteiger partial charge < -0.3 is 10.1 Å². The third-order valence-electron chi connectivity index (χ3n) is 3.99. The zero-order chi connectivity index (χ0) is 18.4. The van der Waals surface area contributed by atoms with Crippen LogP contribution in [-0.4, -0.2) is 50.1 Å². The number of carbonyl (C=O) groups is 1. The molecule has 1 amide bonds. The minimum Gasteiger partial charge on any atom is -0.434 e. The molecule has 9 heteroatoms. The number of benzene rings is 1. The summed E-state index contributed by atoms with van der Waals surface area (Å²) in [6.07, 6.45) is 1.51. The topological polar surface area (TPSA) is 75.7 Å². The quantitative estimate of drug-likeness (QED) is 0.792. The molecule has 0 aromatic heterocycles. The summed E-state index contributed by atoms with van der Waals surface area (Å²) in [5.41, 5.74) is 0.0313. The molecule has 1 fully saturated rings. The first-order valence-electron chi connectivity index (χ1n) is 8.16. The van der Waals surface area contributed by atoms with E-state index in [2.05, 4.69) is 10.1 Å². The highest BCUT2D eigenvalue weighted by atomic mass is 32.2. The van der Waals surface area contributed by atoms with Crippen molar-refractivity contribution in [1.82, 2.24) is 9.62 Å². The first kappa shape index (κ1) is 19.6. The molecule has 1 aliphatic heterocycles. The number of para-hydroxylation sites is 1. The van der Waals surface area contributed by atoms with Crippen LogP contribution in [0, 0.1) is 0 Å². The monoisotopic (exact) mass is 376 g/mol. The highest BCUT2D eigenvalue weighted by Crippen LogP contribution is 2.21. The van der Waals surface area contributed by atoms with E-state index in [9.17, 15) is 22.0 Å². The number of sulfonamides is 1. The van der Waals surface area contributed by atoms with Crippen molar-refractivity contribution in [3.8, 4) is 5.75 Å². The number of rotatable bonds is 7. The van der Waals surface area contributed by atoms with Gasteiger partial charge >= 0.3 is 6.61 Å². The van der Waals surface area contributed by atoms with Crippen molar-refractivity contribution in [3.05, 3.63) is 29.8 Å². The molecule has 0 atom stereocenters. The molecular weight excluding hydrogens is 354 g/mol. The van der Waals surface area contributed by atoms with Crippen molar-refractivity contribution < 1.29 is 26.7 Å². The minimum atomic E-state index is -3.24. The van der Waals surface area contributed by atoms with Crippen molar-refractivity contribution in [2.75, 3.05) is 18.8 Å². The van der Waals surface area contributed by atoms with Crippen LogP contribution in [0.4, 0.5) is 8.78 Å². The number of halogens is 2. The standard InChI is InChI=1S/C16H22F2N2O4S/c1-2-11-25(22,23)20-9-7-12(8-10-20)19-15(21)13-5-3-4-6-14(13)24-16(17)18/h3-6,12,16H,2,7-11H2,1H3,(H,19,21). The summed E-state index contributed by atoms with van der Waals surface area (Å²) >= 11 is 0. The lowest BCUT2D eigenvalue weighted by molar-refractivity contribution is -0.0501. The van der Waals surface area contributed by atoms with Gasteiger partial charge in [-0.05, 0) is 31.4 Å². The fraction of sp³-hybridized carbons (Fsp3) is 0.562. The van der Waals surface area contributed by atoms with Gasteiger partial charge in [0.15, 0.2) is 0 Å². The summed E-state index contributed by atoms with van der Waals surface area (Å²) in [7, 11) is -3.24. The minimum absolute atomic E-state index is 0.0313. The van der Waals surface area contributed by atoms with Crippen molar-refractivity contribution in [1.29, 1.82) is 0 Å². The molecule has 2 rings (SSSR count). The molecule has 1 aromatic rings. The fourth-order valence-electron chi connectivity index (χ4n) is 2.78. The number of amides is 1. The Bertz CT molecular complexity index is 689. The van der Waals surface area contributed by atoms with Crippen molar-refractivity contribution in [2.24, 2.45) is 0 Å². The molecule has 0 radical (unpaired) electrons. The Morgan fingerprint density at radius 3 is 2.56 bits per heavy atom. The van der Waals surface area contributed by atoms with Gasteiger partial charge in [-0.1, -0.05) is 19.1 Å². The second-order valence-electron chi connectivity index (χ2n) is 5.84. The summed E-state index contributed by atoms with van der Waals surface area (Å²) in [4.78, 5) is 12.3. The summed E-state index contributed by atoms with van der Waals surface area (Å²) in [5, 5.41) is 2.77. The summed E-state index contributed by atoms with van der Waals surface area (Å²) in [6.45, 7) is -0.532. The van der Waals surface area contributed by atoms with Crippen LogP contribution in [0.1, 0.15) is 36.5 Å². The average molecular weight is 376 g/mol. The Balaban J connectivity index is 1.95. The molecule has 0 unspecified atom stereocenters. The zero-order valence-electron chi connectivity index (χ0n) is 14.0. The van der Waals surface area contributed by atoms with E-state index in [1.54, 1.807) is 6.07 Å². The van der Waals surface area contributed by atoms with E-state index >= 15 is 0 Å². The highest BCUT2D eigenvalue weighted by Gasteiger charge is 2.28. The maximum absolute atomic E-state index is 12.4. The number of piperidine rings is 1. The predicted molar refractivity (Wildman–Crippen MR) is 89.2 cm³/mol. The van der Waals surface area contributed by atoms with Gasteiger partial charge in [0.2, 0.25) is 10.0 Å². The second-order valence-corrected chi connectivity index (χ2v) is 7.93. The smallest absolute Gasteiger partial charge is 0.387 e. The zero-order valence-corrected chi connectivity index (χ0v) is 14.8. The lowest BCUT2D eigenvalue weighted by Gasteiger charge is -2.31. The van der Waals surface area contributed by atoms with E-state index in [1.165, 1.54) is 22.5 Å². The maximum atomic E-state index is 12.4. The van der Waals surface area contributed by atoms with E-state index < -0.39 is 22.5 Å². The first-order valence-corrected chi connectivity index (χ1v) is 9.77. The Morgan fingerprint density at radius 2 is 1.96 bits per heavy atom. The molecule has 0 saturated carbocycles. The van der Waals surface area contributed by atoms with Crippen LogP contribution in [0.15, 0.2) is 24.3 Å². The summed E-state index contributed by atoms with van der Waals surface area (Å²) < 4.78 is 54.7. The van der Waals surface area contributed by atoms with Crippen molar-refractivity contribution in [3.63, 3.8) is 0 Å². The van der Waals surface area contributed by atoms with Gasteiger partial charge in [-0.25, -0.2) is 12.7 Å². The number of ether oxygens (including phenoxy) is 1. The van der Waals surface area contributed by atoms with E-state index in [4.69, 9.17) is 0 Å². The Labute approximate surface area is 146 Å². The molecule has 25 heavy (non-hydrogen) atoms. The lowest BCUT2D eigenvalue weighted by Crippen LogP contribution is -2.47.